The number of benzene rings is 3. The van der Waals surface area contributed by atoms with Gasteiger partial charge >= 0.3 is 0 Å². The van der Waals surface area contributed by atoms with Crippen molar-refractivity contribution >= 4 is 23.1 Å². The van der Waals surface area contributed by atoms with Gasteiger partial charge in [-0.25, -0.2) is 0 Å². The van der Waals surface area contributed by atoms with Crippen LogP contribution >= 0.6 is 0 Å². The van der Waals surface area contributed by atoms with Gasteiger partial charge in [-0.2, -0.15) is 0 Å². The average Bonchev–Trinajstić information content (AvgIpc) is 3.22. The zero-order chi connectivity index (χ0) is 26.8. The summed E-state index contributed by atoms with van der Waals surface area (Å²) in [5, 5.41) is 11.5. The van der Waals surface area contributed by atoms with Crippen molar-refractivity contribution in [3.63, 3.8) is 0 Å². The van der Waals surface area contributed by atoms with Crippen molar-refractivity contribution in [2.24, 2.45) is 0 Å². The molecule has 1 atom stereocenters. The molecule has 3 aromatic rings. The molecule has 0 aromatic heterocycles. The number of nitrogens with zero attached hydrogens (tertiary/aromatic N) is 1. The van der Waals surface area contributed by atoms with Crippen LogP contribution in [0.15, 0.2) is 66.2 Å². The van der Waals surface area contributed by atoms with Crippen LogP contribution in [0.25, 0.3) is 5.76 Å². The SMILES string of the molecule is CCOc1cc(C2/C(=C(\O)c3ccc4c(c3)CCCO4)C(=O)C(=O)N2c2cccc(OC)c2)ccc1OC. The predicted octanol–water partition coefficient (Wildman–Crippen LogP) is 5.05. The number of aryl methyl sites for hydroxylation is 1. The van der Waals surface area contributed by atoms with E-state index in [4.69, 9.17) is 18.9 Å². The Bertz CT molecular complexity index is 1430. The number of aliphatic hydroxyl groups excluding tert-OH is 1. The van der Waals surface area contributed by atoms with Gasteiger partial charge in [-0.3, -0.25) is 14.5 Å². The Hall–Kier alpha value is -4.46. The maximum absolute atomic E-state index is 13.5. The monoisotopic (exact) mass is 515 g/mol. The molecule has 1 fully saturated rings. The quantitative estimate of drug-likeness (QED) is 0.267. The maximum atomic E-state index is 13.5. The van der Waals surface area contributed by atoms with Crippen molar-refractivity contribution in [1.82, 2.24) is 0 Å². The third kappa shape index (κ3) is 4.42. The minimum absolute atomic E-state index is 0.0119. The number of aliphatic hydroxyl groups is 1. The number of hydrogen-bond acceptors (Lipinski definition) is 7. The molecule has 2 aliphatic rings. The van der Waals surface area contributed by atoms with Gasteiger partial charge in [0.2, 0.25) is 0 Å². The van der Waals surface area contributed by atoms with E-state index in [1.807, 2.05) is 13.0 Å². The predicted molar refractivity (Wildman–Crippen MR) is 142 cm³/mol. The first-order chi connectivity index (χ1) is 18.5. The normalized spacial score (nSPS) is 18.1. The minimum atomic E-state index is -0.917. The standard InChI is InChI=1S/C30H29NO7/c1-4-37-25-16-19(10-13-24(25)36-3)27-26(28(32)20-11-12-23-18(15-20)7-6-14-38-23)29(33)30(34)31(27)21-8-5-9-22(17-21)35-2/h5,8-13,15-17,27,32H,4,6-7,14H2,1-3H3/b28-26+. The molecule has 0 spiro atoms. The summed E-state index contributed by atoms with van der Waals surface area (Å²) < 4.78 is 22.3. The molecular formula is C30H29NO7. The van der Waals surface area contributed by atoms with E-state index in [0.717, 1.165) is 24.2 Å². The summed E-state index contributed by atoms with van der Waals surface area (Å²) in [5.41, 5.74) is 2.42. The van der Waals surface area contributed by atoms with Gasteiger partial charge in [-0.1, -0.05) is 12.1 Å². The smallest absolute Gasteiger partial charge is 0.300 e. The van der Waals surface area contributed by atoms with Gasteiger partial charge in [-0.05, 0) is 73.4 Å². The lowest BCUT2D eigenvalue weighted by Gasteiger charge is -2.26. The van der Waals surface area contributed by atoms with Crippen molar-refractivity contribution in [3.05, 3.63) is 82.9 Å². The molecule has 1 saturated heterocycles. The van der Waals surface area contributed by atoms with E-state index in [9.17, 15) is 14.7 Å². The topological polar surface area (TPSA) is 94.5 Å². The zero-order valence-electron chi connectivity index (χ0n) is 21.5. The number of methoxy groups -OCH3 is 2. The first-order valence-corrected chi connectivity index (χ1v) is 12.5. The minimum Gasteiger partial charge on any atom is -0.507 e. The fourth-order valence-electron chi connectivity index (χ4n) is 4.97. The van der Waals surface area contributed by atoms with Gasteiger partial charge in [-0.15, -0.1) is 0 Å². The lowest BCUT2D eigenvalue weighted by molar-refractivity contribution is -0.132. The van der Waals surface area contributed by atoms with E-state index in [1.165, 1.54) is 12.0 Å². The second kappa shape index (κ2) is 10.5. The maximum Gasteiger partial charge on any atom is 0.300 e. The second-order valence-electron chi connectivity index (χ2n) is 8.99. The van der Waals surface area contributed by atoms with Crippen LogP contribution in [0.1, 0.15) is 36.1 Å². The summed E-state index contributed by atoms with van der Waals surface area (Å²) in [6, 6.07) is 16.5. The molecule has 0 radical (unpaired) electrons. The molecule has 3 aromatic carbocycles. The molecule has 2 heterocycles. The number of fused-ring (bicyclic) bond motifs is 1. The largest absolute Gasteiger partial charge is 0.507 e. The van der Waals surface area contributed by atoms with Crippen molar-refractivity contribution in [2.75, 3.05) is 32.3 Å². The summed E-state index contributed by atoms with van der Waals surface area (Å²) in [6.07, 6.45) is 1.66. The van der Waals surface area contributed by atoms with Crippen LogP contribution in [-0.2, 0) is 16.0 Å². The van der Waals surface area contributed by atoms with Crippen LogP contribution in [0.3, 0.4) is 0 Å². The van der Waals surface area contributed by atoms with Gasteiger partial charge in [0.05, 0.1) is 39.0 Å². The number of carbonyl (C=O) groups is 2. The summed E-state index contributed by atoms with van der Waals surface area (Å²) in [4.78, 5) is 28.4. The average molecular weight is 516 g/mol. The number of anilines is 1. The fourth-order valence-corrected chi connectivity index (χ4v) is 4.97. The van der Waals surface area contributed by atoms with Crippen LogP contribution in [0.4, 0.5) is 5.69 Å². The highest BCUT2D eigenvalue weighted by molar-refractivity contribution is 6.51. The molecule has 0 saturated carbocycles. The van der Waals surface area contributed by atoms with Crippen LogP contribution in [0, 0.1) is 0 Å². The molecule has 1 unspecified atom stereocenters. The van der Waals surface area contributed by atoms with E-state index < -0.39 is 17.7 Å². The molecule has 38 heavy (non-hydrogen) atoms. The van der Waals surface area contributed by atoms with E-state index >= 15 is 0 Å². The van der Waals surface area contributed by atoms with E-state index in [1.54, 1.807) is 61.7 Å². The second-order valence-corrected chi connectivity index (χ2v) is 8.99. The highest BCUT2D eigenvalue weighted by Crippen LogP contribution is 2.45. The Morgan fingerprint density at radius 3 is 2.63 bits per heavy atom. The Labute approximate surface area is 221 Å². The summed E-state index contributed by atoms with van der Waals surface area (Å²) in [6.45, 7) is 2.89. The molecule has 8 heteroatoms. The van der Waals surface area contributed by atoms with Crippen molar-refractivity contribution in [3.8, 4) is 23.0 Å². The van der Waals surface area contributed by atoms with E-state index in [-0.39, 0.29) is 11.3 Å². The Morgan fingerprint density at radius 2 is 1.87 bits per heavy atom. The summed E-state index contributed by atoms with van der Waals surface area (Å²) in [5.74, 6) is 0.498. The summed E-state index contributed by atoms with van der Waals surface area (Å²) in [7, 11) is 3.07. The number of carbonyl (C=O) groups excluding carboxylic acids is 2. The number of amides is 1. The summed E-state index contributed by atoms with van der Waals surface area (Å²) >= 11 is 0. The molecule has 5 rings (SSSR count). The first-order valence-electron chi connectivity index (χ1n) is 12.5. The molecule has 8 nitrogen and oxygen atoms in total. The third-order valence-electron chi connectivity index (χ3n) is 6.76. The number of hydrogen-bond donors (Lipinski definition) is 1. The van der Waals surface area contributed by atoms with Crippen molar-refractivity contribution in [1.29, 1.82) is 0 Å². The van der Waals surface area contributed by atoms with Crippen LogP contribution < -0.4 is 23.8 Å². The molecule has 0 aliphatic carbocycles. The highest BCUT2D eigenvalue weighted by atomic mass is 16.5. The molecule has 196 valence electrons. The number of ketones is 1. The van der Waals surface area contributed by atoms with Crippen LogP contribution in [0.5, 0.6) is 23.0 Å². The van der Waals surface area contributed by atoms with Crippen LogP contribution in [-0.4, -0.2) is 44.2 Å². The fraction of sp³-hybridized carbons (Fsp3) is 0.267. The molecular weight excluding hydrogens is 486 g/mol. The Kier molecular flexibility index (Phi) is 6.96. The molecule has 2 aliphatic heterocycles. The Balaban J connectivity index is 1.71. The number of Topliss-reactive ketones (excluding diaryl/α,β-unsaturated/α-hetero) is 1. The van der Waals surface area contributed by atoms with Gasteiger partial charge in [0, 0.05) is 17.3 Å². The highest BCUT2D eigenvalue weighted by Gasteiger charge is 2.47. The van der Waals surface area contributed by atoms with Gasteiger partial charge in [0.25, 0.3) is 11.7 Å². The van der Waals surface area contributed by atoms with E-state index in [2.05, 4.69) is 0 Å². The van der Waals surface area contributed by atoms with Crippen molar-refractivity contribution < 1.29 is 33.6 Å². The van der Waals surface area contributed by atoms with Gasteiger partial charge in [0.15, 0.2) is 11.5 Å². The number of rotatable bonds is 7. The Morgan fingerprint density at radius 1 is 1.03 bits per heavy atom. The number of ether oxygens (including phenoxy) is 4. The zero-order valence-corrected chi connectivity index (χ0v) is 21.5. The first kappa shape index (κ1) is 25.2. The van der Waals surface area contributed by atoms with Gasteiger partial charge < -0.3 is 24.1 Å². The van der Waals surface area contributed by atoms with Crippen LogP contribution in [0.2, 0.25) is 0 Å². The lowest BCUT2D eigenvalue weighted by atomic mass is 9.93. The van der Waals surface area contributed by atoms with Crippen molar-refractivity contribution in [2.45, 2.75) is 25.8 Å². The lowest BCUT2D eigenvalue weighted by Crippen LogP contribution is -2.29. The third-order valence-corrected chi connectivity index (χ3v) is 6.76. The van der Waals surface area contributed by atoms with Gasteiger partial charge in [0.1, 0.15) is 17.3 Å². The molecule has 0 bridgehead atoms. The van der Waals surface area contributed by atoms with E-state index in [0.29, 0.717) is 47.3 Å². The molecule has 1 amide bonds. The molecule has 1 N–H and O–H groups in total.